The second-order valence-electron chi connectivity index (χ2n) is 6.70. The van der Waals surface area contributed by atoms with Gasteiger partial charge in [0.25, 0.3) is 0 Å². The number of fused-ring (bicyclic) bond motifs is 1. The van der Waals surface area contributed by atoms with Crippen molar-refractivity contribution >= 4 is 17.6 Å². The van der Waals surface area contributed by atoms with E-state index in [1.807, 2.05) is 0 Å². The van der Waals surface area contributed by atoms with Crippen LogP contribution >= 0.6 is 0 Å². The summed E-state index contributed by atoms with van der Waals surface area (Å²) in [6.07, 6.45) is 0. The van der Waals surface area contributed by atoms with Crippen LogP contribution in [0, 0.1) is 11.6 Å². The Morgan fingerprint density at radius 3 is 2.62 bits per heavy atom. The Bertz CT molecular complexity index is 953. The first-order valence-electron chi connectivity index (χ1n) is 9.18. The second kappa shape index (κ2) is 7.94. The van der Waals surface area contributed by atoms with E-state index in [1.54, 1.807) is 23.1 Å². The number of halogens is 2. The van der Waals surface area contributed by atoms with Crippen LogP contribution in [0.4, 0.5) is 19.3 Å². The van der Waals surface area contributed by atoms with Crippen molar-refractivity contribution in [1.82, 2.24) is 10.2 Å². The maximum Gasteiger partial charge on any atom is 0.325 e. The number of benzene rings is 2. The fourth-order valence-electron chi connectivity index (χ4n) is 3.26. The number of nitrogens with one attached hydrogen (secondary N) is 1. The molecule has 0 unspecified atom stereocenters. The Kier molecular flexibility index (Phi) is 5.20. The van der Waals surface area contributed by atoms with Gasteiger partial charge in [-0.2, -0.15) is 0 Å². The number of carbonyl (C=O) groups excluding carboxylic acids is 2. The Hall–Kier alpha value is -3.36. The molecule has 0 radical (unpaired) electrons. The predicted octanol–water partition coefficient (Wildman–Crippen LogP) is 2.29. The number of rotatable bonds is 5. The maximum absolute atomic E-state index is 13.6. The first-order chi connectivity index (χ1) is 14.0. The molecular weight excluding hydrogens is 384 g/mol. The van der Waals surface area contributed by atoms with Gasteiger partial charge >= 0.3 is 6.03 Å². The number of amides is 3. The van der Waals surface area contributed by atoms with E-state index in [4.69, 9.17) is 9.47 Å². The molecule has 0 spiro atoms. The number of nitrogens with zero attached hydrogens (tertiary/aromatic N) is 2. The van der Waals surface area contributed by atoms with Crippen LogP contribution in [-0.4, -0.2) is 49.7 Å². The molecule has 0 aromatic heterocycles. The zero-order chi connectivity index (χ0) is 20.4. The second-order valence-corrected chi connectivity index (χ2v) is 6.70. The van der Waals surface area contributed by atoms with Crippen LogP contribution in [-0.2, 0) is 11.3 Å². The van der Waals surface area contributed by atoms with Gasteiger partial charge in [-0.1, -0.05) is 6.07 Å². The van der Waals surface area contributed by atoms with Gasteiger partial charge in [0.15, 0.2) is 11.5 Å². The zero-order valence-electron chi connectivity index (χ0n) is 15.5. The molecule has 0 atom stereocenters. The Morgan fingerprint density at radius 1 is 1.03 bits per heavy atom. The fraction of sp³-hybridized carbons (Fsp3) is 0.300. The van der Waals surface area contributed by atoms with E-state index in [0.717, 1.165) is 12.1 Å². The number of ether oxygens (including phenoxy) is 2. The standard InChI is InChI=1S/C20H19F2N3O4/c21-14-2-1-13(16(22)9-14)11-23-19(26)12-24-5-6-25(20(24)27)15-3-4-17-18(10-15)29-8-7-28-17/h1-4,9-10H,5-8,11-12H2,(H,23,26). The minimum atomic E-state index is -0.729. The van der Waals surface area contributed by atoms with Crippen LogP contribution in [0.1, 0.15) is 5.56 Å². The van der Waals surface area contributed by atoms with Gasteiger partial charge in [-0.15, -0.1) is 0 Å². The highest BCUT2D eigenvalue weighted by Crippen LogP contribution is 2.34. The largest absolute Gasteiger partial charge is 0.486 e. The minimum absolute atomic E-state index is 0.0845. The summed E-state index contributed by atoms with van der Waals surface area (Å²) in [6, 6.07) is 8.12. The van der Waals surface area contributed by atoms with E-state index < -0.39 is 17.5 Å². The lowest BCUT2D eigenvalue weighted by Crippen LogP contribution is -2.39. The summed E-state index contributed by atoms with van der Waals surface area (Å²) in [6.45, 7) is 1.51. The van der Waals surface area contributed by atoms with Gasteiger partial charge in [0, 0.05) is 43.0 Å². The van der Waals surface area contributed by atoms with Gasteiger partial charge in [0.2, 0.25) is 5.91 Å². The summed E-state index contributed by atoms with van der Waals surface area (Å²) in [5.41, 5.74) is 0.834. The number of carbonyl (C=O) groups is 2. The lowest BCUT2D eigenvalue weighted by molar-refractivity contribution is -0.121. The van der Waals surface area contributed by atoms with E-state index in [0.29, 0.717) is 43.5 Å². The molecule has 152 valence electrons. The van der Waals surface area contributed by atoms with Crippen molar-refractivity contribution in [2.45, 2.75) is 6.54 Å². The highest BCUT2D eigenvalue weighted by atomic mass is 19.1. The van der Waals surface area contributed by atoms with Crippen LogP contribution < -0.4 is 19.7 Å². The molecule has 0 aliphatic carbocycles. The molecule has 2 aromatic rings. The lowest BCUT2D eigenvalue weighted by Gasteiger charge is -2.22. The molecule has 1 saturated heterocycles. The molecule has 1 N–H and O–H groups in total. The van der Waals surface area contributed by atoms with E-state index >= 15 is 0 Å². The first kappa shape index (κ1) is 19.0. The predicted molar refractivity (Wildman–Crippen MR) is 100.0 cm³/mol. The molecule has 2 aromatic carbocycles. The molecule has 2 aliphatic rings. The topological polar surface area (TPSA) is 71.1 Å². The minimum Gasteiger partial charge on any atom is -0.486 e. The monoisotopic (exact) mass is 403 g/mol. The molecule has 7 nitrogen and oxygen atoms in total. The van der Waals surface area contributed by atoms with Crippen molar-refractivity contribution < 1.29 is 27.8 Å². The molecule has 29 heavy (non-hydrogen) atoms. The van der Waals surface area contributed by atoms with E-state index in [9.17, 15) is 18.4 Å². The molecule has 1 fully saturated rings. The van der Waals surface area contributed by atoms with Crippen LogP contribution in [0.3, 0.4) is 0 Å². The average molecular weight is 403 g/mol. The summed E-state index contributed by atoms with van der Waals surface area (Å²) < 4.78 is 37.6. The molecule has 2 heterocycles. The van der Waals surface area contributed by atoms with Crippen molar-refractivity contribution in [2.75, 3.05) is 37.7 Å². The van der Waals surface area contributed by atoms with Crippen molar-refractivity contribution in [3.8, 4) is 11.5 Å². The van der Waals surface area contributed by atoms with Gasteiger partial charge in [-0.25, -0.2) is 13.6 Å². The number of hydrogen-bond donors (Lipinski definition) is 1. The molecule has 2 aliphatic heterocycles. The van der Waals surface area contributed by atoms with Crippen molar-refractivity contribution in [3.63, 3.8) is 0 Å². The average Bonchev–Trinajstić information content (AvgIpc) is 3.07. The van der Waals surface area contributed by atoms with Crippen molar-refractivity contribution in [3.05, 3.63) is 53.6 Å². The zero-order valence-corrected chi connectivity index (χ0v) is 15.5. The summed E-state index contributed by atoms with van der Waals surface area (Å²) in [4.78, 5) is 27.8. The van der Waals surface area contributed by atoms with Crippen molar-refractivity contribution in [1.29, 1.82) is 0 Å². The van der Waals surface area contributed by atoms with Gasteiger partial charge in [0.1, 0.15) is 31.4 Å². The summed E-state index contributed by atoms with van der Waals surface area (Å²) in [7, 11) is 0. The van der Waals surface area contributed by atoms with Crippen LogP contribution in [0.15, 0.2) is 36.4 Å². The Balaban J connectivity index is 1.34. The van der Waals surface area contributed by atoms with Gasteiger partial charge in [-0.3, -0.25) is 9.69 Å². The smallest absolute Gasteiger partial charge is 0.325 e. The van der Waals surface area contributed by atoms with Crippen LogP contribution in [0.25, 0.3) is 0 Å². The van der Waals surface area contributed by atoms with Crippen LogP contribution in [0.2, 0.25) is 0 Å². The summed E-state index contributed by atoms with van der Waals surface area (Å²) in [5, 5.41) is 2.55. The quantitative estimate of drug-likeness (QED) is 0.832. The van der Waals surface area contributed by atoms with Gasteiger partial charge < -0.3 is 19.7 Å². The fourth-order valence-corrected chi connectivity index (χ4v) is 3.26. The molecule has 0 bridgehead atoms. The highest BCUT2D eigenvalue weighted by Gasteiger charge is 2.31. The molecular formula is C20H19F2N3O4. The number of hydrogen-bond acceptors (Lipinski definition) is 4. The van der Waals surface area contributed by atoms with Gasteiger partial charge in [-0.05, 0) is 18.2 Å². The highest BCUT2D eigenvalue weighted by molar-refractivity contribution is 5.96. The normalized spacial score (nSPS) is 15.6. The SMILES string of the molecule is O=C(CN1CCN(c2ccc3c(c2)OCCO3)C1=O)NCc1ccc(F)cc1F. The summed E-state index contributed by atoms with van der Waals surface area (Å²) >= 11 is 0. The van der Waals surface area contributed by atoms with E-state index in [2.05, 4.69) is 5.32 Å². The molecule has 4 rings (SSSR count). The maximum atomic E-state index is 13.6. The number of urea groups is 1. The van der Waals surface area contributed by atoms with Crippen molar-refractivity contribution in [2.24, 2.45) is 0 Å². The third-order valence-corrected chi connectivity index (χ3v) is 4.76. The van der Waals surface area contributed by atoms with Crippen LogP contribution in [0.5, 0.6) is 11.5 Å². The summed E-state index contributed by atoms with van der Waals surface area (Å²) in [5.74, 6) is -0.618. The molecule has 0 saturated carbocycles. The number of anilines is 1. The van der Waals surface area contributed by atoms with E-state index in [-0.39, 0.29) is 24.7 Å². The molecule has 9 heteroatoms. The third-order valence-electron chi connectivity index (χ3n) is 4.76. The van der Waals surface area contributed by atoms with E-state index in [1.165, 1.54) is 11.0 Å². The first-order valence-corrected chi connectivity index (χ1v) is 9.18. The third kappa shape index (κ3) is 4.08. The molecule has 3 amide bonds. The lowest BCUT2D eigenvalue weighted by atomic mass is 10.2. The Morgan fingerprint density at radius 2 is 1.83 bits per heavy atom. The Labute approximate surface area is 165 Å². The van der Waals surface area contributed by atoms with Gasteiger partial charge in [0.05, 0.1) is 0 Å².